The average molecular weight is 234 g/mol. The highest BCUT2D eigenvalue weighted by molar-refractivity contribution is 6.05. The van der Waals surface area contributed by atoms with Gasteiger partial charge in [-0.15, -0.1) is 0 Å². The van der Waals surface area contributed by atoms with Crippen molar-refractivity contribution in [1.29, 1.82) is 0 Å². The number of aliphatic hydroxyl groups is 1. The molecule has 92 valence electrons. The van der Waals surface area contributed by atoms with Crippen LogP contribution in [-0.2, 0) is 4.79 Å². The molecule has 4 heteroatoms. The van der Waals surface area contributed by atoms with Crippen LogP contribution in [0.25, 0.3) is 0 Å². The van der Waals surface area contributed by atoms with Gasteiger partial charge in [-0.1, -0.05) is 12.1 Å². The number of rotatable bonds is 3. The molecule has 0 spiro atoms. The van der Waals surface area contributed by atoms with E-state index in [0.717, 1.165) is 22.4 Å². The first-order valence-corrected chi connectivity index (χ1v) is 5.86. The molecular formula is C13H18N2O2. The highest BCUT2D eigenvalue weighted by Gasteiger charge is 2.36. The fraction of sp³-hybridized carbons (Fsp3) is 0.462. The maximum atomic E-state index is 12.1. The molecule has 0 saturated heterocycles. The minimum absolute atomic E-state index is 0.0640. The number of nitrogens with zero attached hydrogens (tertiary/aromatic N) is 1. The Morgan fingerprint density at radius 3 is 2.65 bits per heavy atom. The largest absolute Gasteiger partial charge is 0.396 e. The van der Waals surface area contributed by atoms with Crippen LogP contribution >= 0.6 is 0 Å². The lowest BCUT2D eigenvalue weighted by Crippen LogP contribution is -2.33. The van der Waals surface area contributed by atoms with Crippen molar-refractivity contribution < 1.29 is 9.90 Å². The molecule has 1 aromatic carbocycles. The molecule has 1 unspecified atom stereocenters. The molecule has 1 aromatic rings. The van der Waals surface area contributed by atoms with Crippen molar-refractivity contribution in [3.05, 3.63) is 28.8 Å². The number of anilines is 1. The normalized spacial score (nSPS) is 18.7. The molecule has 1 heterocycles. The smallest absolute Gasteiger partial charge is 0.248 e. The van der Waals surface area contributed by atoms with E-state index in [1.807, 2.05) is 26.0 Å². The van der Waals surface area contributed by atoms with Crippen molar-refractivity contribution in [3.8, 4) is 0 Å². The number of nitrogens with two attached hydrogens (primary N) is 1. The van der Waals surface area contributed by atoms with Gasteiger partial charge in [-0.2, -0.15) is 0 Å². The Morgan fingerprint density at radius 1 is 1.35 bits per heavy atom. The van der Waals surface area contributed by atoms with E-state index in [2.05, 4.69) is 0 Å². The van der Waals surface area contributed by atoms with Crippen LogP contribution in [0.1, 0.15) is 29.2 Å². The molecular weight excluding hydrogens is 216 g/mol. The summed E-state index contributed by atoms with van der Waals surface area (Å²) in [5.41, 5.74) is 9.96. The molecule has 0 aliphatic carbocycles. The van der Waals surface area contributed by atoms with Gasteiger partial charge in [-0.3, -0.25) is 4.79 Å². The highest BCUT2D eigenvalue weighted by atomic mass is 16.3. The van der Waals surface area contributed by atoms with Crippen LogP contribution in [0.4, 0.5) is 5.69 Å². The number of fused-ring (bicyclic) bond motifs is 1. The Morgan fingerprint density at radius 2 is 2.00 bits per heavy atom. The summed E-state index contributed by atoms with van der Waals surface area (Å²) in [4.78, 5) is 13.8. The third-order valence-electron chi connectivity index (χ3n) is 3.29. The van der Waals surface area contributed by atoms with E-state index in [9.17, 15) is 4.79 Å². The van der Waals surface area contributed by atoms with E-state index in [4.69, 9.17) is 10.8 Å². The van der Waals surface area contributed by atoms with Gasteiger partial charge in [0, 0.05) is 18.7 Å². The Kier molecular flexibility index (Phi) is 3.17. The number of amides is 1. The van der Waals surface area contributed by atoms with E-state index in [0.29, 0.717) is 13.0 Å². The topological polar surface area (TPSA) is 66.6 Å². The van der Waals surface area contributed by atoms with E-state index < -0.39 is 6.04 Å². The molecule has 0 saturated carbocycles. The van der Waals surface area contributed by atoms with Gasteiger partial charge < -0.3 is 15.7 Å². The highest BCUT2D eigenvalue weighted by Crippen LogP contribution is 2.39. The van der Waals surface area contributed by atoms with E-state index in [1.165, 1.54) is 0 Å². The lowest BCUT2D eigenvalue weighted by atomic mass is 10.00. The molecule has 1 atom stereocenters. The van der Waals surface area contributed by atoms with E-state index in [1.54, 1.807) is 4.90 Å². The lowest BCUT2D eigenvalue weighted by Gasteiger charge is -2.19. The lowest BCUT2D eigenvalue weighted by molar-refractivity contribution is -0.119. The second-order valence-electron chi connectivity index (χ2n) is 4.51. The third-order valence-corrected chi connectivity index (χ3v) is 3.29. The molecule has 0 aromatic heterocycles. The first-order valence-electron chi connectivity index (χ1n) is 5.86. The fourth-order valence-electron chi connectivity index (χ4n) is 2.42. The predicted molar refractivity (Wildman–Crippen MR) is 66.9 cm³/mol. The zero-order chi connectivity index (χ0) is 12.6. The molecule has 4 nitrogen and oxygen atoms in total. The number of aliphatic hydroxyl groups excluding tert-OH is 1. The van der Waals surface area contributed by atoms with Gasteiger partial charge in [0.1, 0.15) is 6.04 Å². The van der Waals surface area contributed by atoms with Crippen LogP contribution < -0.4 is 10.6 Å². The monoisotopic (exact) mass is 234 g/mol. The van der Waals surface area contributed by atoms with Crippen molar-refractivity contribution in [2.75, 3.05) is 18.1 Å². The van der Waals surface area contributed by atoms with Gasteiger partial charge in [0.15, 0.2) is 0 Å². The second kappa shape index (κ2) is 4.47. The summed E-state index contributed by atoms with van der Waals surface area (Å²) >= 11 is 0. The second-order valence-corrected chi connectivity index (χ2v) is 4.51. The number of carbonyl (C=O) groups is 1. The van der Waals surface area contributed by atoms with Crippen LogP contribution in [0.3, 0.4) is 0 Å². The van der Waals surface area contributed by atoms with Gasteiger partial charge in [0.25, 0.3) is 0 Å². The standard InChI is InChI=1S/C13H18N2O2/c1-8-4-5-9(2)12-10(8)11(14)13(17)15(12)6-3-7-16/h4-5,11,16H,3,6-7,14H2,1-2H3. The van der Waals surface area contributed by atoms with Gasteiger partial charge in [0.2, 0.25) is 5.91 Å². The zero-order valence-corrected chi connectivity index (χ0v) is 10.2. The molecule has 0 fully saturated rings. The van der Waals surface area contributed by atoms with Crippen LogP contribution in [0.2, 0.25) is 0 Å². The molecule has 0 radical (unpaired) electrons. The number of carbonyl (C=O) groups excluding carboxylic acids is 1. The average Bonchev–Trinajstić information content (AvgIpc) is 2.56. The minimum atomic E-state index is -0.552. The molecule has 0 bridgehead atoms. The maximum Gasteiger partial charge on any atom is 0.248 e. The Hall–Kier alpha value is -1.39. The number of aryl methyl sites for hydroxylation is 2. The van der Waals surface area contributed by atoms with E-state index in [-0.39, 0.29) is 12.5 Å². The van der Waals surface area contributed by atoms with Crippen LogP contribution in [-0.4, -0.2) is 24.2 Å². The van der Waals surface area contributed by atoms with Crippen LogP contribution in [0.15, 0.2) is 12.1 Å². The molecule has 1 amide bonds. The number of benzene rings is 1. The van der Waals surface area contributed by atoms with Crippen molar-refractivity contribution in [2.45, 2.75) is 26.3 Å². The van der Waals surface area contributed by atoms with Gasteiger partial charge >= 0.3 is 0 Å². The van der Waals surface area contributed by atoms with Crippen LogP contribution in [0, 0.1) is 13.8 Å². The van der Waals surface area contributed by atoms with Crippen molar-refractivity contribution in [1.82, 2.24) is 0 Å². The summed E-state index contributed by atoms with van der Waals surface area (Å²) in [6.07, 6.45) is 0.575. The summed E-state index contributed by atoms with van der Waals surface area (Å²) in [5, 5.41) is 8.88. The van der Waals surface area contributed by atoms with E-state index >= 15 is 0 Å². The van der Waals surface area contributed by atoms with Crippen molar-refractivity contribution >= 4 is 11.6 Å². The van der Waals surface area contributed by atoms with Gasteiger partial charge in [0.05, 0.1) is 5.69 Å². The van der Waals surface area contributed by atoms with Gasteiger partial charge in [-0.05, 0) is 31.4 Å². The fourth-order valence-corrected chi connectivity index (χ4v) is 2.42. The first kappa shape index (κ1) is 12.1. The Balaban J connectivity index is 2.48. The molecule has 1 aliphatic heterocycles. The molecule has 3 N–H and O–H groups in total. The summed E-state index contributed by atoms with van der Waals surface area (Å²) in [5.74, 6) is -0.0640. The van der Waals surface area contributed by atoms with Crippen LogP contribution in [0.5, 0.6) is 0 Å². The molecule has 1 aliphatic rings. The maximum absolute atomic E-state index is 12.1. The Labute approximate surface area is 101 Å². The zero-order valence-electron chi connectivity index (χ0n) is 10.2. The van der Waals surface area contributed by atoms with Crippen molar-refractivity contribution in [2.24, 2.45) is 5.73 Å². The summed E-state index contributed by atoms with van der Waals surface area (Å²) < 4.78 is 0. The summed E-state index contributed by atoms with van der Waals surface area (Å²) in [7, 11) is 0. The summed E-state index contributed by atoms with van der Waals surface area (Å²) in [6, 6.07) is 3.45. The first-order chi connectivity index (χ1) is 8.07. The Bertz CT molecular complexity index is 457. The summed E-state index contributed by atoms with van der Waals surface area (Å²) in [6.45, 7) is 4.57. The quantitative estimate of drug-likeness (QED) is 0.821. The molecule has 17 heavy (non-hydrogen) atoms. The van der Waals surface area contributed by atoms with Crippen molar-refractivity contribution in [3.63, 3.8) is 0 Å². The predicted octanol–water partition coefficient (Wildman–Crippen LogP) is 1.03. The third kappa shape index (κ3) is 1.83. The minimum Gasteiger partial charge on any atom is -0.396 e. The number of hydrogen-bond acceptors (Lipinski definition) is 3. The number of hydrogen-bond donors (Lipinski definition) is 2. The van der Waals surface area contributed by atoms with Gasteiger partial charge in [-0.25, -0.2) is 0 Å². The molecule has 2 rings (SSSR count). The SMILES string of the molecule is Cc1ccc(C)c2c1C(N)C(=O)N2CCCO.